The SMILES string of the molecule is CN1CCc2nc(NC(=O)c3cc[nH]c(=O)c3)sc2C1. The van der Waals surface area contributed by atoms with Crippen LogP contribution < -0.4 is 10.9 Å². The molecule has 104 valence electrons. The van der Waals surface area contributed by atoms with Crippen molar-refractivity contribution < 1.29 is 4.79 Å². The van der Waals surface area contributed by atoms with Crippen LogP contribution in [-0.4, -0.2) is 34.4 Å². The molecule has 6 nitrogen and oxygen atoms in total. The van der Waals surface area contributed by atoms with E-state index in [1.54, 1.807) is 6.07 Å². The number of thiazole rings is 1. The molecule has 0 spiro atoms. The Morgan fingerprint density at radius 2 is 2.40 bits per heavy atom. The summed E-state index contributed by atoms with van der Waals surface area (Å²) < 4.78 is 0. The Morgan fingerprint density at radius 3 is 3.20 bits per heavy atom. The number of nitrogens with one attached hydrogen (secondary N) is 2. The van der Waals surface area contributed by atoms with E-state index in [9.17, 15) is 9.59 Å². The summed E-state index contributed by atoms with van der Waals surface area (Å²) in [7, 11) is 2.07. The summed E-state index contributed by atoms with van der Waals surface area (Å²) >= 11 is 1.50. The molecule has 0 atom stereocenters. The molecule has 1 aliphatic rings. The highest BCUT2D eigenvalue weighted by atomic mass is 32.1. The number of rotatable bonds is 2. The van der Waals surface area contributed by atoms with Gasteiger partial charge < -0.3 is 9.88 Å². The summed E-state index contributed by atoms with van der Waals surface area (Å²) in [4.78, 5) is 33.6. The number of amides is 1. The van der Waals surface area contributed by atoms with Gasteiger partial charge in [0.15, 0.2) is 5.13 Å². The predicted molar refractivity (Wildman–Crippen MR) is 77.2 cm³/mol. The lowest BCUT2D eigenvalue weighted by atomic mass is 10.2. The molecular formula is C13H14N4O2S. The molecule has 0 bridgehead atoms. The zero-order valence-corrected chi connectivity index (χ0v) is 11.8. The molecule has 0 aromatic carbocycles. The summed E-state index contributed by atoms with van der Waals surface area (Å²) in [5.41, 5.74) is 1.10. The first-order valence-electron chi connectivity index (χ1n) is 6.29. The largest absolute Gasteiger partial charge is 0.329 e. The van der Waals surface area contributed by atoms with Crippen LogP contribution in [0.3, 0.4) is 0 Å². The third-order valence-electron chi connectivity index (χ3n) is 3.18. The number of fused-ring (bicyclic) bond motifs is 1. The highest BCUT2D eigenvalue weighted by Crippen LogP contribution is 2.27. The molecule has 0 saturated carbocycles. The summed E-state index contributed by atoms with van der Waals surface area (Å²) in [5, 5.41) is 3.35. The molecule has 20 heavy (non-hydrogen) atoms. The Balaban J connectivity index is 1.78. The summed E-state index contributed by atoms with van der Waals surface area (Å²) in [6.45, 7) is 1.85. The highest BCUT2D eigenvalue weighted by molar-refractivity contribution is 7.15. The zero-order valence-electron chi connectivity index (χ0n) is 11.0. The third-order valence-corrected chi connectivity index (χ3v) is 4.18. The average Bonchev–Trinajstić information content (AvgIpc) is 2.80. The van der Waals surface area contributed by atoms with Crippen molar-refractivity contribution in [1.82, 2.24) is 14.9 Å². The van der Waals surface area contributed by atoms with Gasteiger partial charge in [-0.25, -0.2) is 4.98 Å². The summed E-state index contributed by atoms with van der Waals surface area (Å²) in [5.74, 6) is -0.310. The lowest BCUT2D eigenvalue weighted by molar-refractivity contribution is 0.102. The maximum absolute atomic E-state index is 12.0. The second-order valence-corrected chi connectivity index (χ2v) is 5.86. The maximum atomic E-state index is 12.0. The Bertz CT molecular complexity index is 706. The molecule has 2 aromatic rings. The van der Waals surface area contributed by atoms with Gasteiger partial charge in [-0.05, 0) is 13.1 Å². The molecule has 0 unspecified atom stereocenters. The Labute approximate surface area is 119 Å². The molecule has 0 radical (unpaired) electrons. The Hall–Kier alpha value is -1.99. The molecule has 2 N–H and O–H groups in total. The van der Waals surface area contributed by atoms with Gasteiger partial charge in [0.25, 0.3) is 5.91 Å². The van der Waals surface area contributed by atoms with E-state index in [0.717, 1.165) is 25.2 Å². The normalized spacial score (nSPS) is 14.8. The molecule has 3 rings (SSSR count). The van der Waals surface area contributed by atoms with Gasteiger partial charge in [0.05, 0.1) is 5.69 Å². The van der Waals surface area contributed by atoms with Gasteiger partial charge in [-0.3, -0.25) is 14.9 Å². The first-order valence-corrected chi connectivity index (χ1v) is 7.11. The van der Waals surface area contributed by atoms with Gasteiger partial charge in [-0.2, -0.15) is 0 Å². The van der Waals surface area contributed by atoms with E-state index in [1.807, 2.05) is 0 Å². The first-order chi connectivity index (χ1) is 9.61. The molecule has 3 heterocycles. The van der Waals surface area contributed by atoms with E-state index < -0.39 is 0 Å². The molecule has 2 aromatic heterocycles. The number of H-pyrrole nitrogens is 1. The van der Waals surface area contributed by atoms with Crippen LogP contribution in [0.25, 0.3) is 0 Å². The Morgan fingerprint density at radius 1 is 1.55 bits per heavy atom. The topological polar surface area (TPSA) is 78.1 Å². The minimum absolute atomic E-state index is 0.294. The fraction of sp³-hybridized carbons (Fsp3) is 0.308. The monoisotopic (exact) mass is 290 g/mol. The van der Waals surface area contributed by atoms with Crippen LogP contribution in [0.2, 0.25) is 0 Å². The first kappa shape index (κ1) is 13.0. The second-order valence-electron chi connectivity index (χ2n) is 4.77. The summed E-state index contributed by atoms with van der Waals surface area (Å²) in [6, 6.07) is 2.84. The van der Waals surface area contributed by atoms with Crippen LogP contribution in [0.5, 0.6) is 0 Å². The highest BCUT2D eigenvalue weighted by Gasteiger charge is 2.19. The zero-order chi connectivity index (χ0) is 14.1. The van der Waals surface area contributed by atoms with Crippen molar-refractivity contribution in [2.45, 2.75) is 13.0 Å². The van der Waals surface area contributed by atoms with Gasteiger partial charge in [-0.1, -0.05) is 0 Å². The van der Waals surface area contributed by atoms with Gasteiger partial charge in [0.2, 0.25) is 5.56 Å². The van der Waals surface area contributed by atoms with Crippen LogP contribution in [0.4, 0.5) is 5.13 Å². The number of carbonyl (C=O) groups excluding carboxylic acids is 1. The lowest BCUT2D eigenvalue weighted by Crippen LogP contribution is -2.25. The Kier molecular flexibility index (Phi) is 3.37. The molecule has 7 heteroatoms. The average molecular weight is 290 g/mol. The number of carbonyl (C=O) groups is 1. The predicted octanol–water partition coefficient (Wildman–Crippen LogP) is 1.07. The molecule has 1 amide bonds. The quantitative estimate of drug-likeness (QED) is 0.867. The van der Waals surface area contributed by atoms with Crippen LogP contribution in [0.1, 0.15) is 20.9 Å². The van der Waals surface area contributed by atoms with E-state index in [4.69, 9.17) is 0 Å². The number of pyridine rings is 1. The minimum atomic E-state index is -0.310. The van der Waals surface area contributed by atoms with Crippen molar-refractivity contribution >= 4 is 22.4 Å². The number of anilines is 1. The van der Waals surface area contributed by atoms with Crippen LogP contribution in [0, 0.1) is 0 Å². The third kappa shape index (κ3) is 2.63. The van der Waals surface area contributed by atoms with Crippen molar-refractivity contribution in [2.75, 3.05) is 18.9 Å². The smallest absolute Gasteiger partial charge is 0.257 e. The number of nitrogens with zero attached hydrogens (tertiary/aromatic N) is 2. The van der Waals surface area contributed by atoms with Crippen LogP contribution >= 0.6 is 11.3 Å². The molecule has 1 aliphatic heterocycles. The standard InChI is InChI=1S/C13H14N4O2S/c1-17-5-3-9-10(7-17)20-13(15-9)16-12(19)8-2-4-14-11(18)6-8/h2,4,6H,3,5,7H2,1H3,(H,14,18)(H,15,16,19). The van der Waals surface area contributed by atoms with Crippen molar-refractivity contribution in [3.05, 3.63) is 44.8 Å². The van der Waals surface area contributed by atoms with Gasteiger partial charge in [0.1, 0.15) is 0 Å². The van der Waals surface area contributed by atoms with Crippen molar-refractivity contribution in [1.29, 1.82) is 0 Å². The van der Waals surface area contributed by atoms with Gasteiger partial charge in [-0.15, -0.1) is 11.3 Å². The van der Waals surface area contributed by atoms with E-state index in [2.05, 4.69) is 27.2 Å². The fourth-order valence-corrected chi connectivity index (χ4v) is 3.22. The van der Waals surface area contributed by atoms with Gasteiger partial charge >= 0.3 is 0 Å². The lowest BCUT2D eigenvalue weighted by Gasteiger charge is -2.20. The van der Waals surface area contributed by atoms with E-state index in [-0.39, 0.29) is 11.5 Å². The number of hydrogen-bond donors (Lipinski definition) is 2. The van der Waals surface area contributed by atoms with Gasteiger partial charge in [0, 0.05) is 42.2 Å². The number of hydrogen-bond acceptors (Lipinski definition) is 5. The van der Waals surface area contributed by atoms with E-state index >= 15 is 0 Å². The van der Waals surface area contributed by atoms with Crippen molar-refractivity contribution in [3.63, 3.8) is 0 Å². The number of aromatic amines is 1. The second kappa shape index (κ2) is 5.18. The van der Waals surface area contributed by atoms with E-state index in [1.165, 1.54) is 28.5 Å². The number of likely N-dealkylation sites (N-methyl/N-ethyl adjacent to an activating group) is 1. The van der Waals surface area contributed by atoms with Crippen LogP contribution in [-0.2, 0) is 13.0 Å². The fourth-order valence-electron chi connectivity index (χ4n) is 2.13. The van der Waals surface area contributed by atoms with E-state index in [0.29, 0.717) is 10.7 Å². The van der Waals surface area contributed by atoms with Crippen molar-refractivity contribution in [2.24, 2.45) is 0 Å². The van der Waals surface area contributed by atoms with Crippen LogP contribution in [0.15, 0.2) is 23.1 Å². The molecule has 0 fully saturated rings. The number of aromatic nitrogens is 2. The molecule has 0 aliphatic carbocycles. The summed E-state index contributed by atoms with van der Waals surface area (Å²) in [6.07, 6.45) is 2.36. The molecule has 0 saturated heterocycles. The maximum Gasteiger partial charge on any atom is 0.257 e. The van der Waals surface area contributed by atoms with Crippen molar-refractivity contribution in [3.8, 4) is 0 Å². The minimum Gasteiger partial charge on any atom is -0.329 e. The molecular weight excluding hydrogens is 276 g/mol.